The van der Waals surface area contributed by atoms with E-state index in [1.807, 2.05) is 0 Å². The molecule has 3 N–H and O–H groups in total. The number of hydrogen-bond acceptors (Lipinski definition) is 3. The number of nitrogens with two attached hydrogens (primary N) is 1. The van der Waals surface area contributed by atoms with Gasteiger partial charge in [-0.05, 0) is 60.6 Å². The molecule has 1 aromatic carbocycles. The minimum absolute atomic E-state index is 0.297. The van der Waals surface area contributed by atoms with E-state index in [1.54, 1.807) is 0 Å². The number of ether oxygens (including phenoxy) is 1. The van der Waals surface area contributed by atoms with Crippen LogP contribution < -0.4 is 16.0 Å². The van der Waals surface area contributed by atoms with Gasteiger partial charge in [-0.15, -0.1) is 0 Å². The molecule has 3 heteroatoms. The van der Waals surface area contributed by atoms with Gasteiger partial charge in [-0.3, -0.25) is 11.3 Å². The second kappa shape index (κ2) is 5.05. The first kappa shape index (κ1) is 12.7. The summed E-state index contributed by atoms with van der Waals surface area (Å²) in [7, 11) is 0. The van der Waals surface area contributed by atoms with E-state index in [9.17, 15) is 0 Å². The maximum Gasteiger partial charge on any atom is 0.122 e. The molecule has 0 aromatic heterocycles. The maximum atomic E-state index is 5.84. The fourth-order valence-electron chi connectivity index (χ4n) is 4.69. The summed E-state index contributed by atoms with van der Waals surface area (Å²) < 4.78 is 5.59. The Balaban J connectivity index is 1.50. The fourth-order valence-corrected chi connectivity index (χ4v) is 4.69. The lowest BCUT2D eigenvalue weighted by molar-refractivity contribution is 0.280. The molecule has 0 spiro atoms. The first-order chi connectivity index (χ1) is 9.83. The van der Waals surface area contributed by atoms with Crippen LogP contribution in [0.1, 0.15) is 49.3 Å². The smallest absolute Gasteiger partial charge is 0.122 e. The van der Waals surface area contributed by atoms with Crippen molar-refractivity contribution >= 4 is 0 Å². The zero-order valence-electron chi connectivity index (χ0n) is 12.0. The minimum atomic E-state index is 0.297. The highest BCUT2D eigenvalue weighted by Gasteiger charge is 2.40. The highest BCUT2D eigenvalue weighted by atomic mass is 16.5. The van der Waals surface area contributed by atoms with Gasteiger partial charge in [0.25, 0.3) is 0 Å². The van der Waals surface area contributed by atoms with Crippen LogP contribution in [-0.4, -0.2) is 6.61 Å². The number of rotatable bonds is 4. The van der Waals surface area contributed by atoms with E-state index in [-0.39, 0.29) is 0 Å². The van der Waals surface area contributed by atoms with Crippen molar-refractivity contribution in [1.82, 2.24) is 5.43 Å². The summed E-state index contributed by atoms with van der Waals surface area (Å²) in [6.45, 7) is 0.825. The molecular weight excluding hydrogens is 248 g/mol. The number of nitrogens with one attached hydrogen (secondary N) is 1. The van der Waals surface area contributed by atoms with E-state index in [0.717, 1.165) is 36.5 Å². The Labute approximate surface area is 120 Å². The van der Waals surface area contributed by atoms with Crippen LogP contribution in [-0.2, 0) is 6.42 Å². The zero-order valence-corrected chi connectivity index (χ0v) is 12.0. The van der Waals surface area contributed by atoms with E-state index in [4.69, 9.17) is 10.6 Å². The lowest BCUT2D eigenvalue weighted by Crippen LogP contribution is -2.30. The van der Waals surface area contributed by atoms with Crippen molar-refractivity contribution in [3.05, 3.63) is 29.3 Å². The average Bonchev–Trinajstić information content (AvgIpc) is 3.19. The van der Waals surface area contributed by atoms with E-state index >= 15 is 0 Å². The molecule has 2 bridgehead atoms. The predicted octanol–water partition coefficient (Wildman–Crippen LogP) is 2.95. The van der Waals surface area contributed by atoms with Gasteiger partial charge in [-0.2, -0.15) is 0 Å². The quantitative estimate of drug-likeness (QED) is 0.654. The molecule has 3 nitrogen and oxygen atoms in total. The van der Waals surface area contributed by atoms with Crippen molar-refractivity contribution in [3.8, 4) is 5.75 Å². The molecule has 20 heavy (non-hydrogen) atoms. The zero-order chi connectivity index (χ0) is 13.5. The van der Waals surface area contributed by atoms with Crippen molar-refractivity contribution in [2.24, 2.45) is 23.6 Å². The molecule has 1 heterocycles. The number of hydrazine groups is 1. The van der Waals surface area contributed by atoms with Crippen LogP contribution in [0.3, 0.4) is 0 Å². The highest BCUT2D eigenvalue weighted by molar-refractivity contribution is 5.40. The summed E-state index contributed by atoms with van der Waals surface area (Å²) in [6, 6.07) is 6.88. The Morgan fingerprint density at radius 1 is 1.30 bits per heavy atom. The van der Waals surface area contributed by atoms with Crippen molar-refractivity contribution in [3.63, 3.8) is 0 Å². The molecule has 1 aromatic rings. The molecule has 4 atom stereocenters. The molecule has 2 saturated carbocycles. The lowest BCUT2D eigenvalue weighted by atomic mass is 9.82. The van der Waals surface area contributed by atoms with E-state index < -0.39 is 0 Å². The third-order valence-electron chi connectivity index (χ3n) is 5.74. The number of hydrogen-bond donors (Lipinski definition) is 2. The fraction of sp³-hybridized carbons (Fsp3) is 0.647. The molecule has 108 valence electrons. The van der Waals surface area contributed by atoms with E-state index in [0.29, 0.717) is 6.04 Å². The molecule has 4 rings (SSSR count). The van der Waals surface area contributed by atoms with Crippen molar-refractivity contribution in [1.29, 1.82) is 0 Å². The monoisotopic (exact) mass is 272 g/mol. The van der Waals surface area contributed by atoms with Gasteiger partial charge in [-0.25, -0.2) is 0 Å². The van der Waals surface area contributed by atoms with Gasteiger partial charge in [0.15, 0.2) is 0 Å². The summed E-state index contributed by atoms with van der Waals surface area (Å²) in [6.07, 6.45) is 8.05. The number of benzene rings is 1. The molecule has 4 unspecified atom stereocenters. The Morgan fingerprint density at radius 2 is 2.25 bits per heavy atom. The average molecular weight is 272 g/mol. The van der Waals surface area contributed by atoms with Crippen LogP contribution in [0.15, 0.2) is 18.2 Å². The van der Waals surface area contributed by atoms with Crippen LogP contribution in [0.25, 0.3) is 0 Å². The predicted molar refractivity (Wildman–Crippen MR) is 79.3 cm³/mol. The number of fused-ring (bicyclic) bond motifs is 3. The van der Waals surface area contributed by atoms with E-state index in [2.05, 4.69) is 23.6 Å². The summed E-state index contributed by atoms with van der Waals surface area (Å²) >= 11 is 0. The standard InChI is InChI=1S/C17H24N2O/c18-19-16(10-15-8-11-1-2-12(15)7-11)13-3-4-17-14(9-13)5-6-20-17/h3-4,9,11-12,15-16,19H,1-2,5-8,10,18H2. The van der Waals surface area contributed by atoms with Crippen molar-refractivity contribution in [2.45, 2.75) is 44.6 Å². The Kier molecular flexibility index (Phi) is 3.20. The topological polar surface area (TPSA) is 47.3 Å². The Bertz CT molecular complexity index is 502. The third-order valence-corrected chi connectivity index (χ3v) is 5.74. The minimum Gasteiger partial charge on any atom is -0.493 e. The van der Waals surface area contributed by atoms with Crippen LogP contribution in [0.2, 0.25) is 0 Å². The second-order valence-corrected chi connectivity index (χ2v) is 6.86. The molecule has 2 aliphatic carbocycles. The molecule has 0 radical (unpaired) electrons. The normalized spacial score (nSPS) is 32.1. The SMILES string of the molecule is NNC(CC1CC2CCC1C2)c1ccc2c(c1)CCO2. The largest absolute Gasteiger partial charge is 0.493 e. The summed E-state index contributed by atoms with van der Waals surface area (Å²) in [5.74, 6) is 9.76. The van der Waals surface area contributed by atoms with Crippen LogP contribution in [0.5, 0.6) is 5.75 Å². The summed E-state index contributed by atoms with van der Waals surface area (Å²) in [4.78, 5) is 0. The van der Waals surface area contributed by atoms with Gasteiger partial charge in [0.05, 0.1) is 6.61 Å². The van der Waals surface area contributed by atoms with Gasteiger partial charge in [0.2, 0.25) is 0 Å². The van der Waals surface area contributed by atoms with Gasteiger partial charge in [-0.1, -0.05) is 18.6 Å². The molecule has 0 saturated heterocycles. The Hall–Kier alpha value is -1.06. The molecular formula is C17H24N2O. The summed E-state index contributed by atoms with van der Waals surface area (Å²) in [5.41, 5.74) is 5.73. The highest BCUT2D eigenvalue weighted by Crippen LogP contribution is 2.51. The molecule has 3 aliphatic rings. The van der Waals surface area contributed by atoms with Crippen molar-refractivity contribution < 1.29 is 4.74 Å². The van der Waals surface area contributed by atoms with Gasteiger partial charge in [0, 0.05) is 12.5 Å². The lowest BCUT2D eigenvalue weighted by Gasteiger charge is -2.26. The van der Waals surface area contributed by atoms with Gasteiger partial charge in [0.1, 0.15) is 5.75 Å². The van der Waals surface area contributed by atoms with E-state index in [1.165, 1.54) is 43.2 Å². The Morgan fingerprint density at radius 3 is 3.00 bits per heavy atom. The first-order valence-electron chi connectivity index (χ1n) is 8.05. The summed E-state index contributed by atoms with van der Waals surface area (Å²) in [5, 5.41) is 0. The van der Waals surface area contributed by atoms with Gasteiger partial charge < -0.3 is 4.74 Å². The van der Waals surface area contributed by atoms with Crippen LogP contribution in [0, 0.1) is 17.8 Å². The van der Waals surface area contributed by atoms with Crippen molar-refractivity contribution in [2.75, 3.05) is 6.61 Å². The van der Waals surface area contributed by atoms with Crippen LogP contribution >= 0.6 is 0 Å². The molecule has 2 fully saturated rings. The second-order valence-electron chi connectivity index (χ2n) is 6.86. The maximum absolute atomic E-state index is 5.84. The molecule has 1 aliphatic heterocycles. The van der Waals surface area contributed by atoms with Crippen LogP contribution in [0.4, 0.5) is 0 Å². The molecule has 0 amide bonds. The van der Waals surface area contributed by atoms with Gasteiger partial charge >= 0.3 is 0 Å². The third kappa shape index (κ3) is 2.13. The first-order valence-corrected chi connectivity index (χ1v) is 8.05.